The highest BCUT2D eigenvalue weighted by molar-refractivity contribution is 5.99. The zero-order chi connectivity index (χ0) is 13.7. The molecule has 0 aromatic heterocycles. The summed E-state index contributed by atoms with van der Waals surface area (Å²) in [5, 5.41) is 8.70. The van der Waals surface area contributed by atoms with Crippen molar-refractivity contribution in [2.45, 2.75) is 13.8 Å². The van der Waals surface area contributed by atoms with Crippen LogP contribution in [0.4, 0.5) is 0 Å². The van der Waals surface area contributed by atoms with E-state index < -0.39 is 0 Å². The third kappa shape index (κ3) is 3.31. The molecule has 0 heterocycles. The molecule has 0 saturated heterocycles. The number of benzene rings is 1. The number of allylic oxidation sites excluding steroid dienone is 1. The van der Waals surface area contributed by atoms with Gasteiger partial charge in [0.25, 0.3) is 0 Å². The lowest BCUT2D eigenvalue weighted by molar-refractivity contribution is 0.101. The number of aliphatic hydroxyl groups is 1. The highest BCUT2D eigenvalue weighted by atomic mass is 16.5. The van der Waals surface area contributed by atoms with Gasteiger partial charge in [-0.15, -0.1) is 0 Å². The molecule has 0 spiro atoms. The minimum absolute atomic E-state index is 0.00133. The van der Waals surface area contributed by atoms with Gasteiger partial charge in [-0.25, -0.2) is 0 Å². The van der Waals surface area contributed by atoms with E-state index in [0.29, 0.717) is 11.3 Å². The second-order valence-corrected chi connectivity index (χ2v) is 4.09. The fraction of sp³-hybridized carbons (Fsp3) is 0.267. The molecule has 3 nitrogen and oxygen atoms in total. The van der Waals surface area contributed by atoms with Crippen molar-refractivity contribution in [2.24, 2.45) is 0 Å². The van der Waals surface area contributed by atoms with Crippen molar-refractivity contribution in [3.63, 3.8) is 0 Å². The number of hydrogen-bond acceptors (Lipinski definition) is 3. The molecule has 96 valence electrons. The number of ether oxygens (including phenoxy) is 1. The van der Waals surface area contributed by atoms with Gasteiger partial charge in [0.15, 0.2) is 5.78 Å². The first kappa shape index (κ1) is 14.2. The summed E-state index contributed by atoms with van der Waals surface area (Å²) >= 11 is 0. The van der Waals surface area contributed by atoms with Gasteiger partial charge in [-0.05, 0) is 25.5 Å². The minimum atomic E-state index is -0.0576. The lowest BCUT2D eigenvalue weighted by Gasteiger charge is -2.12. The lowest BCUT2D eigenvalue weighted by atomic mass is 9.96. The summed E-state index contributed by atoms with van der Waals surface area (Å²) in [5.41, 5.74) is 3.04. The average molecular weight is 246 g/mol. The van der Waals surface area contributed by atoms with Gasteiger partial charge < -0.3 is 9.84 Å². The summed E-state index contributed by atoms with van der Waals surface area (Å²) in [5.74, 6) is 0.475. The molecule has 0 saturated carbocycles. The van der Waals surface area contributed by atoms with Crippen LogP contribution < -0.4 is 0 Å². The number of Topliss-reactive ketones (excluding diaryl/α,β-unsaturated/α-hetero) is 1. The van der Waals surface area contributed by atoms with Crippen LogP contribution in [0.1, 0.15) is 35.3 Å². The molecule has 0 radical (unpaired) electrons. The lowest BCUT2D eigenvalue weighted by Crippen LogP contribution is -2.01. The van der Waals surface area contributed by atoms with Crippen molar-refractivity contribution < 1.29 is 14.6 Å². The maximum Gasteiger partial charge on any atom is 0.160 e. The van der Waals surface area contributed by atoms with Gasteiger partial charge in [-0.2, -0.15) is 0 Å². The zero-order valence-corrected chi connectivity index (χ0v) is 10.8. The van der Waals surface area contributed by atoms with E-state index in [1.165, 1.54) is 6.92 Å². The van der Waals surface area contributed by atoms with Gasteiger partial charge in [0.1, 0.15) is 12.4 Å². The number of ketones is 1. The molecule has 1 aromatic rings. The molecule has 18 heavy (non-hydrogen) atoms. The SMILES string of the molecule is C=C(OCCO)c1ccc(C(C)=O)c(C(=C)C)c1. The monoisotopic (exact) mass is 246 g/mol. The largest absolute Gasteiger partial charge is 0.491 e. The van der Waals surface area contributed by atoms with Crippen LogP contribution >= 0.6 is 0 Å². The molecule has 0 bridgehead atoms. The molecule has 0 unspecified atom stereocenters. The van der Waals surface area contributed by atoms with Gasteiger partial charge in [0.05, 0.1) is 6.61 Å². The van der Waals surface area contributed by atoms with Crippen molar-refractivity contribution in [1.29, 1.82) is 0 Å². The predicted octanol–water partition coefficient (Wildman–Crippen LogP) is 2.90. The number of hydrogen-bond donors (Lipinski definition) is 1. The van der Waals surface area contributed by atoms with Crippen LogP contribution in [0.3, 0.4) is 0 Å². The highest BCUT2D eigenvalue weighted by Gasteiger charge is 2.10. The van der Waals surface area contributed by atoms with Crippen LogP contribution in [0.5, 0.6) is 0 Å². The van der Waals surface area contributed by atoms with Crippen molar-refractivity contribution >= 4 is 17.1 Å². The summed E-state index contributed by atoms with van der Waals surface area (Å²) in [4.78, 5) is 11.5. The third-order valence-electron chi connectivity index (χ3n) is 2.55. The Bertz CT molecular complexity index is 487. The summed E-state index contributed by atoms with van der Waals surface area (Å²) in [6, 6.07) is 5.36. The highest BCUT2D eigenvalue weighted by Crippen LogP contribution is 2.23. The Kier molecular flexibility index (Phi) is 4.86. The van der Waals surface area contributed by atoms with Crippen molar-refractivity contribution in [1.82, 2.24) is 0 Å². The third-order valence-corrected chi connectivity index (χ3v) is 2.55. The first-order valence-electron chi connectivity index (χ1n) is 5.71. The number of rotatable bonds is 6. The standard InChI is InChI=1S/C15H18O3/c1-10(2)15-9-13(12(4)18-8-7-16)5-6-14(15)11(3)17/h5-6,9,16H,1,4,7-8H2,2-3H3. The van der Waals surface area contributed by atoms with Crippen LogP contribution in [-0.4, -0.2) is 24.1 Å². The van der Waals surface area contributed by atoms with Gasteiger partial charge >= 0.3 is 0 Å². The summed E-state index contributed by atoms with van der Waals surface area (Å²) < 4.78 is 5.25. The summed E-state index contributed by atoms with van der Waals surface area (Å²) in [6.07, 6.45) is 0. The van der Waals surface area contributed by atoms with Crippen LogP contribution in [0, 0.1) is 0 Å². The maximum atomic E-state index is 11.5. The molecular formula is C15H18O3. The molecule has 0 fully saturated rings. The molecule has 1 N–H and O–H groups in total. The van der Waals surface area contributed by atoms with Gasteiger partial charge in [-0.1, -0.05) is 30.9 Å². The Balaban J connectivity index is 3.11. The van der Waals surface area contributed by atoms with Crippen molar-refractivity contribution in [2.75, 3.05) is 13.2 Å². The number of carbonyl (C=O) groups is 1. The van der Waals surface area contributed by atoms with Gasteiger partial charge in [0, 0.05) is 11.1 Å². The summed E-state index contributed by atoms with van der Waals surface area (Å²) in [7, 11) is 0. The Hall–Kier alpha value is -1.87. The Morgan fingerprint density at radius 2 is 1.94 bits per heavy atom. The Labute approximate surface area is 107 Å². The molecule has 1 rings (SSSR count). The zero-order valence-electron chi connectivity index (χ0n) is 10.8. The van der Waals surface area contributed by atoms with Crippen LogP contribution in [0.15, 0.2) is 31.4 Å². The number of carbonyl (C=O) groups excluding carboxylic acids is 1. The fourth-order valence-electron chi connectivity index (χ4n) is 1.63. The van der Waals surface area contributed by atoms with Crippen LogP contribution in [0.25, 0.3) is 11.3 Å². The fourth-order valence-corrected chi connectivity index (χ4v) is 1.63. The number of aliphatic hydroxyl groups excluding tert-OH is 1. The molecule has 0 aliphatic carbocycles. The molecule has 0 aliphatic heterocycles. The topological polar surface area (TPSA) is 46.5 Å². The Morgan fingerprint density at radius 3 is 2.44 bits per heavy atom. The van der Waals surface area contributed by atoms with Crippen molar-refractivity contribution in [3.8, 4) is 0 Å². The van der Waals surface area contributed by atoms with E-state index in [1.54, 1.807) is 12.1 Å². The molecule has 3 heteroatoms. The first-order valence-corrected chi connectivity index (χ1v) is 5.71. The first-order chi connectivity index (χ1) is 8.47. The molecule has 0 amide bonds. The van der Waals surface area contributed by atoms with Crippen molar-refractivity contribution in [3.05, 3.63) is 48.0 Å². The smallest absolute Gasteiger partial charge is 0.160 e. The predicted molar refractivity (Wildman–Crippen MR) is 73.2 cm³/mol. The molecule has 1 aromatic carbocycles. The average Bonchev–Trinajstić information content (AvgIpc) is 2.34. The minimum Gasteiger partial charge on any atom is -0.491 e. The quantitative estimate of drug-likeness (QED) is 0.620. The van der Waals surface area contributed by atoms with Gasteiger partial charge in [-0.3, -0.25) is 4.79 Å². The van der Waals surface area contributed by atoms with Gasteiger partial charge in [0.2, 0.25) is 0 Å². The normalized spacial score (nSPS) is 9.94. The van der Waals surface area contributed by atoms with E-state index >= 15 is 0 Å². The Morgan fingerprint density at radius 1 is 1.28 bits per heavy atom. The maximum absolute atomic E-state index is 11.5. The molecule has 0 aliphatic rings. The van der Waals surface area contributed by atoms with E-state index in [2.05, 4.69) is 13.2 Å². The van der Waals surface area contributed by atoms with E-state index in [-0.39, 0.29) is 19.0 Å². The summed E-state index contributed by atoms with van der Waals surface area (Å²) in [6.45, 7) is 11.2. The van der Waals surface area contributed by atoms with E-state index in [1.807, 2.05) is 13.0 Å². The van der Waals surface area contributed by atoms with E-state index in [4.69, 9.17) is 9.84 Å². The molecule has 0 atom stereocenters. The van der Waals surface area contributed by atoms with Crippen LogP contribution in [0.2, 0.25) is 0 Å². The second kappa shape index (κ2) is 6.17. The van der Waals surface area contributed by atoms with Crippen LogP contribution in [-0.2, 0) is 4.74 Å². The van der Waals surface area contributed by atoms with E-state index in [9.17, 15) is 4.79 Å². The second-order valence-electron chi connectivity index (χ2n) is 4.09. The molecular weight excluding hydrogens is 228 g/mol. The van der Waals surface area contributed by atoms with E-state index in [0.717, 1.165) is 16.7 Å².